The number of nitrogens with zero attached hydrogens (tertiary/aromatic N) is 1. The quantitative estimate of drug-likeness (QED) is 0.288. The maximum Gasteiger partial charge on any atom is 0.162 e. The number of nitrogens with one attached hydrogen (secondary N) is 1. The minimum Gasteiger partial charge on any atom is -0.493 e. The van der Waals surface area contributed by atoms with Crippen molar-refractivity contribution in [2.75, 3.05) is 30.4 Å². The highest BCUT2D eigenvalue weighted by molar-refractivity contribution is 9.10. The van der Waals surface area contributed by atoms with Crippen LogP contribution in [0.15, 0.2) is 53.0 Å². The van der Waals surface area contributed by atoms with Crippen molar-refractivity contribution in [1.29, 1.82) is 0 Å². The maximum atomic E-state index is 6.61. The van der Waals surface area contributed by atoms with E-state index in [1.54, 1.807) is 19.2 Å². The fourth-order valence-electron chi connectivity index (χ4n) is 3.98. The van der Waals surface area contributed by atoms with Crippen LogP contribution in [-0.4, -0.2) is 20.2 Å². The first-order chi connectivity index (χ1) is 16.4. The third kappa shape index (κ3) is 6.25. The Morgan fingerprint density at radius 3 is 2.38 bits per heavy atom. The Balaban J connectivity index is 1.42. The van der Waals surface area contributed by atoms with E-state index in [1.807, 2.05) is 24.3 Å². The normalized spacial score (nSPS) is 13.6. The van der Waals surface area contributed by atoms with Crippen molar-refractivity contribution in [3.05, 3.63) is 79.2 Å². The van der Waals surface area contributed by atoms with Crippen LogP contribution in [0.1, 0.15) is 30.4 Å². The molecule has 0 unspecified atom stereocenters. The molecule has 0 aromatic heterocycles. The first-order valence-corrected chi connectivity index (χ1v) is 13.1. The zero-order valence-corrected chi connectivity index (χ0v) is 22.7. The monoisotopic (exact) mass is 582 g/mol. The van der Waals surface area contributed by atoms with Crippen LogP contribution in [0.5, 0.6) is 11.5 Å². The summed E-state index contributed by atoms with van der Waals surface area (Å²) in [5, 5.41) is 5.38. The average molecular weight is 585 g/mol. The highest BCUT2D eigenvalue weighted by Gasteiger charge is 2.15. The van der Waals surface area contributed by atoms with Gasteiger partial charge in [0.25, 0.3) is 0 Å². The SMILES string of the molecule is COc1cc(CNc2ccc(N3CCCCC3)c(Cl)c2)c(Br)cc1OCc1ccc(Cl)cc1Cl. The Morgan fingerprint density at radius 1 is 0.882 bits per heavy atom. The van der Waals surface area contributed by atoms with Gasteiger partial charge in [-0.3, -0.25) is 0 Å². The van der Waals surface area contributed by atoms with Crippen molar-refractivity contribution < 1.29 is 9.47 Å². The molecule has 3 aromatic carbocycles. The summed E-state index contributed by atoms with van der Waals surface area (Å²) in [5.41, 5.74) is 3.95. The first kappa shape index (κ1) is 25.3. The van der Waals surface area contributed by atoms with E-state index in [1.165, 1.54) is 19.3 Å². The summed E-state index contributed by atoms with van der Waals surface area (Å²) in [7, 11) is 1.63. The Bertz CT molecular complexity index is 1150. The van der Waals surface area contributed by atoms with Crippen LogP contribution in [-0.2, 0) is 13.2 Å². The van der Waals surface area contributed by atoms with Gasteiger partial charge in [-0.2, -0.15) is 0 Å². The molecular weight excluding hydrogens is 559 g/mol. The number of anilines is 2. The summed E-state index contributed by atoms with van der Waals surface area (Å²) in [6.07, 6.45) is 3.74. The molecule has 3 aromatic rings. The summed E-state index contributed by atoms with van der Waals surface area (Å²) < 4.78 is 12.5. The van der Waals surface area contributed by atoms with Gasteiger partial charge >= 0.3 is 0 Å². The highest BCUT2D eigenvalue weighted by atomic mass is 79.9. The lowest BCUT2D eigenvalue weighted by Gasteiger charge is -2.29. The molecule has 0 spiro atoms. The van der Waals surface area contributed by atoms with Gasteiger partial charge in [0, 0.05) is 45.4 Å². The van der Waals surface area contributed by atoms with E-state index in [2.05, 4.69) is 38.3 Å². The van der Waals surface area contributed by atoms with E-state index in [0.29, 0.717) is 34.7 Å². The Labute approximate surface area is 224 Å². The van der Waals surface area contributed by atoms with Crippen molar-refractivity contribution in [2.45, 2.75) is 32.4 Å². The summed E-state index contributed by atoms with van der Waals surface area (Å²) in [6.45, 7) is 3.04. The molecule has 0 aliphatic carbocycles. The molecule has 8 heteroatoms. The van der Waals surface area contributed by atoms with Gasteiger partial charge in [-0.25, -0.2) is 0 Å². The van der Waals surface area contributed by atoms with Gasteiger partial charge in [-0.05, 0) is 67.3 Å². The molecule has 0 atom stereocenters. The van der Waals surface area contributed by atoms with Crippen LogP contribution >= 0.6 is 50.7 Å². The lowest BCUT2D eigenvalue weighted by atomic mass is 10.1. The van der Waals surface area contributed by atoms with Gasteiger partial charge in [0.1, 0.15) is 6.61 Å². The number of halogens is 4. The Hall–Kier alpha value is -1.79. The van der Waals surface area contributed by atoms with Crippen LogP contribution in [0.4, 0.5) is 11.4 Å². The minimum absolute atomic E-state index is 0.304. The molecule has 1 aliphatic rings. The predicted octanol–water partition coefficient (Wildman–Crippen LogP) is 8.60. The summed E-state index contributed by atoms with van der Waals surface area (Å²) >= 11 is 22.5. The fraction of sp³-hybridized carbons (Fsp3) is 0.308. The second-order valence-electron chi connectivity index (χ2n) is 8.19. The molecule has 1 saturated heterocycles. The van der Waals surface area contributed by atoms with Crippen molar-refractivity contribution in [3.8, 4) is 11.5 Å². The minimum atomic E-state index is 0.304. The number of rotatable bonds is 8. The molecule has 1 heterocycles. The zero-order valence-electron chi connectivity index (χ0n) is 18.8. The molecule has 4 nitrogen and oxygen atoms in total. The standard InChI is InChI=1S/C26H26BrCl3N2O2/c1-33-25-11-18(21(27)14-26(25)34-16-17-5-6-19(28)12-22(17)29)15-31-20-7-8-24(23(30)13-20)32-9-3-2-4-10-32/h5-8,11-14,31H,2-4,9-10,15-16H2,1H3. The molecule has 1 aliphatic heterocycles. The molecule has 0 amide bonds. The second kappa shape index (κ2) is 11.8. The topological polar surface area (TPSA) is 33.7 Å². The van der Waals surface area contributed by atoms with E-state index >= 15 is 0 Å². The molecule has 0 radical (unpaired) electrons. The third-order valence-electron chi connectivity index (χ3n) is 5.86. The van der Waals surface area contributed by atoms with Crippen LogP contribution in [0, 0.1) is 0 Å². The number of hydrogen-bond donors (Lipinski definition) is 1. The second-order valence-corrected chi connectivity index (χ2v) is 10.3. The fourth-order valence-corrected chi connectivity index (χ4v) is 5.21. The molecule has 34 heavy (non-hydrogen) atoms. The van der Waals surface area contributed by atoms with Gasteiger partial charge in [0.15, 0.2) is 11.5 Å². The van der Waals surface area contributed by atoms with Crippen LogP contribution in [0.2, 0.25) is 15.1 Å². The van der Waals surface area contributed by atoms with Crippen molar-refractivity contribution >= 4 is 62.1 Å². The number of benzene rings is 3. The third-order valence-corrected chi connectivity index (χ3v) is 7.49. The smallest absolute Gasteiger partial charge is 0.162 e. The van der Waals surface area contributed by atoms with Crippen molar-refractivity contribution in [3.63, 3.8) is 0 Å². The summed E-state index contributed by atoms with van der Waals surface area (Å²) in [4.78, 5) is 2.37. The van der Waals surface area contributed by atoms with E-state index < -0.39 is 0 Å². The van der Waals surface area contributed by atoms with E-state index in [0.717, 1.165) is 45.1 Å². The number of hydrogen-bond acceptors (Lipinski definition) is 4. The first-order valence-electron chi connectivity index (χ1n) is 11.2. The molecule has 4 rings (SSSR count). The summed E-state index contributed by atoms with van der Waals surface area (Å²) in [6, 6.07) is 15.4. The molecule has 0 bridgehead atoms. The summed E-state index contributed by atoms with van der Waals surface area (Å²) in [5.74, 6) is 1.27. The molecule has 180 valence electrons. The van der Waals surface area contributed by atoms with E-state index in [4.69, 9.17) is 44.3 Å². The van der Waals surface area contributed by atoms with Gasteiger partial charge in [-0.1, -0.05) is 56.8 Å². The van der Waals surface area contributed by atoms with Gasteiger partial charge in [-0.15, -0.1) is 0 Å². The molecular formula is C26H26BrCl3N2O2. The average Bonchev–Trinajstić information content (AvgIpc) is 2.83. The Kier molecular flexibility index (Phi) is 8.75. The Morgan fingerprint density at radius 2 is 1.68 bits per heavy atom. The lowest BCUT2D eigenvalue weighted by Crippen LogP contribution is -2.29. The van der Waals surface area contributed by atoms with Crippen molar-refractivity contribution in [1.82, 2.24) is 0 Å². The van der Waals surface area contributed by atoms with Crippen LogP contribution in [0.25, 0.3) is 0 Å². The largest absolute Gasteiger partial charge is 0.493 e. The zero-order chi connectivity index (χ0) is 24.1. The lowest BCUT2D eigenvalue weighted by molar-refractivity contribution is 0.284. The van der Waals surface area contributed by atoms with Crippen LogP contribution < -0.4 is 19.7 Å². The molecule has 1 N–H and O–H groups in total. The maximum absolute atomic E-state index is 6.61. The van der Waals surface area contributed by atoms with Gasteiger partial charge in [0.05, 0.1) is 17.8 Å². The molecule has 0 saturated carbocycles. The van der Waals surface area contributed by atoms with Crippen LogP contribution in [0.3, 0.4) is 0 Å². The number of piperidine rings is 1. The number of methoxy groups -OCH3 is 1. The molecule has 1 fully saturated rings. The number of ether oxygens (including phenoxy) is 2. The van der Waals surface area contributed by atoms with Gasteiger partial charge < -0.3 is 19.7 Å². The van der Waals surface area contributed by atoms with Crippen molar-refractivity contribution in [2.24, 2.45) is 0 Å². The van der Waals surface area contributed by atoms with E-state index in [9.17, 15) is 0 Å². The predicted molar refractivity (Wildman–Crippen MR) is 146 cm³/mol. The van der Waals surface area contributed by atoms with Gasteiger partial charge in [0.2, 0.25) is 0 Å². The van der Waals surface area contributed by atoms with E-state index in [-0.39, 0.29) is 0 Å². The highest BCUT2D eigenvalue weighted by Crippen LogP contribution is 2.36.